The van der Waals surface area contributed by atoms with Crippen molar-refractivity contribution in [1.29, 1.82) is 0 Å². The highest BCUT2D eigenvalue weighted by molar-refractivity contribution is 6.15. The molecule has 0 aliphatic heterocycles. The van der Waals surface area contributed by atoms with Crippen LogP contribution in [0, 0.1) is 0 Å². The van der Waals surface area contributed by atoms with Crippen molar-refractivity contribution in [2.75, 3.05) is 0 Å². The van der Waals surface area contributed by atoms with Crippen LogP contribution in [0.1, 0.15) is 25.0 Å². The molecular formula is C71H46N4O. The third-order valence-corrected chi connectivity index (χ3v) is 16.3. The summed E-state index contributed by atoms with van der Waals surface area (Å²) >= 11 is 0. The fourth-order valence-electron chi connectivity index (χ4n) is 12.7. The summed E-state index contributed by atoms with van der Waals surface area (Å²) in [5, 5.41) is 7.91. The van der Waals surface area contributed by atoms with Gasteiger partial charge in [0.05, 0.1) is 33.3 Å². The molecule has 0 atom stereocenters. The molecule has 0 spiro atoms. The second kappa shape index (κ2) is 16.1. The molecule has 0 amide bonds. The monoisotopic (exact) mass is 970 g/mol. The number of nitrogens with zero attached hydrogens (tertiary/aromatic N) is 4. The summed E-state index contributed by atoms with van der Waals surface area (Å²) in [6, 6.07) is 87.8. The van der Waals surface area contributed by atoms with E-state index in [4.69, 9.17) is 14.4 Å². The normalized spacial score (nSPS) is 13.0. The first-order chi connectivity index (χ1) is 37.4. The third kappa shape index (κ3) is 6.26. The Morgan fingerprint density at radius 1 is 0.342 bits per heavy atom. The first-order valence-corrected chi connectivity index (χ1v) is 26.1. The van der Waals surface area contributed by atoms with Gasteiger partial charge in [-0.15, -0.1) is 0 Å². The van der Waals surface area contributed by atoms with Crippen molar-refractivity contribution in [2.24, 2.45) is 0 Å². The van der Waals surface area contributed by atoms with E-state index in [1.54, 1.807) is 0 Å². The highest BCUT2D eigenvalue weighted by atomic mass is 16.3. The molecule has 1 aliphatic carbocycles. The number of furan rings is 1. The summed E-state index contributed by atoms with van der Waals surface area (Å²) < 4.78 is 11.4. The van der Waals surface area contributed by atoms with Crippen LogP contribution in [0.5, 0.6) is 0 Å². The van der Waals surface area contributed by atoms with Gasteiger partial charge in [0.2, 0.25) is 0 Å². The molecule has 76 heavy (non-hydrogen) atoms. The number of benzene rings is 11. The molecule has 11 aromatic carbocycles. The lowest BCUT2D eigenvalue weighted by molar-refractivity contribution is 0.660. The summed E-state index contributed by atoms with van der Waals surface area (Å²) in [5.41, 5.74) is 22.2. The van der Waals surface area contributed by atoms with Gasteiger partial charge in [0.25, 0.3) is 0 Å². The van der Waals surface area contributed by atoms with E-state index < -0.39 is 0 Å². The van der Waals surface area contributed by atoms with Gasteiger partial charge in [-0.25, -0.2) is 9.97 Å². The van der Waals surface area contributed by atoms with Gasteiger partial charge in [-0.1, -0.05) is 159 Å². The molecule has 4 heterocycles. The maximum absolute atomic E-state index is 6.66. The van der Waals surface area contributed by atoms with E-state index in [9.17, 15) is 0 Å². The zero-order chi connectivity index (χ0) is 50.2. The second-order valence-electron chi connectivity index (χ2n) is 20.9. The minimum absolute atomic E-state index is 0.137. The molecule has 16 rings (SSSR count). The summed E-state index contributed by atoms with van der Waals surface area (Å²) in [5.74, 6) is 0.669. The van der Waals surface area contributed by atoms with E-state index in [1.165, 1.54) is 66.0 Å². The highest BCUT2D eigenvalue weighted by Crippen LogP contribution is 2.50. The molecule has 0 saturated heterocycles. The molecule has 5 heteroatoms. The Balaban J connectivity index is 0.842. The Labute approximate surface area is 438 Å². The van der Waals surface area contributed by atoms with Gasteiger partial charge in [0.15, 0.2) is 5.82 Å². The first kappa shape index (κ1) is 42.6. The van der Waals surface area contributed by atoms with Crippen molar-refractivity contribution in [2.45, 2.75) is 19.3 Å². The van der Waals surface area contributed by atoms with Gasteiger partial charge in [0.1, 0.15) is 11.2 Å². The number of fused-ring (bicyclic) bond motifs is 13. The van der Waals surface area contributed by atoms with Gasteiger partial charge >= 0.3 is 0 Å². The van der Waals surface area contributed by atoms with Crippen LogP contribution in [0.4, 0.5) is 0 Å². The van der Waals surface area contributed by atoms with Crippen LogP contribution >= 0.6 is 0 Å². The molecule has 356 valence electrons. The highest BCUT2D eigenvalue weighted by Gasteiger charge is 2.35. The number of aromatic nitrogens is 4. The molecule has 0 bridgehead atoms. The minimum Gasteiger partial charge on any atom is -0.456 e. The number of rotatable bonds is 6. The Kier molecular flexibility index (Phi) is 9.02. The van der Waals surface area contributed by atoms with E-state index in [1.807, 2.05) is 0 Å². The van der Waals surface area contributed by atoms with Crippen molar-refractivity contribution < 1.29 is 4.42 Å². The second-order valence-corrected chi connectivity index (χ2v) is 20.9. The van der Waals surface area contributed by atoms with E-state index in [-0.39, 0.29) is 5.41 Å². The van der Waals surface area contributed by atoms with Gasteiger partial charge < -0.3 is 13.6 Å². The lowest BCUT2D eigenvalue weighted by Gasteiger charge is -2.22. The van der Waals surface area contributed by atoms with Crippen LogP contribution in [-0.4, -0.2) is 19.1 Å². The summed E-state index contributed by atoms with van der Waals surface area (Å²) in [7, 11) is 0. The molecule has 15 aromatic rings. The van der Waals surface area contributed by atoms with Crippen LogP contribution in [0.2, 0.25) is 0 Å². The molecule has 0 fully saturated rings. The standard InChI is InChI=1S/C71H46N4O/c1-71(2)59-24-12-9-20-50(59)51-33-28-47(42-60(51)71)69-53-22-10-13-25-61(53)72-70(73-69)54-23-15-27-67-68(54)58-41-46(32-37-66(58)76-67)45-31-36-65-57(40-45)56-39-44(30-35-64(56)75(65)49-18-7-4-8-19-49)43-29-34-63-55(38-43)52-21-11-14-26-62(52)74(63)48-16-5-3-6-17-48/h3-42H,1-2H3. The fraction of sp³-hybridized carbons (Fsp3) is 0.0423. The number of para-hydroxylation sites is 4. The quantitative estimate of drug-likeness (QED) is 0.167. The lowest BCUT2D eigenvalue weighted by Crippen LogP contribution is -2.15. The Hall–Kier alpha value is -9.84. The number of hydrogen-bond donors (Lipinski definition) is 0. The third-order valence-electron chi connectivity index (χ3n) is 16.3. The van der Waals surface area contributed by atoms with Gasteiger partial charge in [-0.2, -0.15) is 0 Å². The summed E-state index contributed by atoms with van der Waals surface area (Å²) in [6.45, 7) is 4.66. The molecule has 5 nitrogen and oxygen atoms in total. The van der Waals surface area contributed by atoms with Gasteiger partial charge in [0, 0.05) is 65.6 Å². The maximum Gasteiger partial charge on any atom is 0.161 e. The maximum atomic E-state index is 6.66. The lowest BCUT2D eigenvalue weighted by atomic mass is 9.82. The predicted molar refractivity (Wildman–Crippen MR) is 315 cm³/mol. The predicted octanol–water partition coefficient (Wildman–Crippen LogP) is 18.7. The van der Waals surface area contributed by atoms with Gasteiger partial charge in [-0.3, -0.25) is 0 Å². The van der Waals surface area contributed by atoms with Crippen molar-refractivity contribution in [1.82, 2.24) is 19.1 Å². The van der Waals surface area contributed by atoms with E-state index in [2.05, 4.69) is 266 Å². The van der Waals surface area contributed by atoms with Crippen molar-refractivity contribution in [3.63, 3.8) is 0 Å². The summed E-state index contributed by atoms with van der Waals surface area (Å²) in [4.78, 5) is 10.8. The van der Waals surface area contributed by atoms with Crippen LogP contribution in [0.15, 0.2) is 247 Å². The smallest absolute Gasteiger partial charge is 0.161 e. The average Bonchev–Trinajstić information content (AvgIpc) is 4.21. The molecule has 0 saturated carbocycles. The summed E-state index contributed by atoms with van der Waals surface area (Å²) in [6.07, 6.45) is 0. The topological polar surface area (TPSA) is 48.8 Å². The van der Waals surface area contributed by atoms with Crippen LogP contribution in [-0.2, 0) is 5.41 Å². The van der Waals surface area contributed by atoms with Crippen LogP contribution in [0.3, 0.4) is 0 Å². The zero-order valence-electron chi connectivity index (χ0n) is 41.8. The molecule has 0 N–H and O–H groups in total. The molecule has 4 aromatic heterocycles. The number of hydrogen-bond acceptors (Lipinski definition) is 3. The largest absolute Gasteiger partial charge is 0.456 e. The fourth-order valence-corrected chi connectivity index (χ4v) is 12.7. The van der Waals surface area contributed by atoms with Gasteiger partial charge in [-0.05, 0) is 142 Å². The van der Waals surface area contributed by atoms with Crippen molar-refractivity contribution in [3.8, 4) is 67.4 Å². The average molecular weight is 971 g/mol. The van der Waals surface area contributed by atoms with Crippen LogP contribution < -0.4 is 0 Å². The Morgan fingerprint density at radius 3 is 1.54 bits per heavy atom. The molecule has 1 aliphatic rings. The van der Waals surface area contributed by atoms with E-state index >= 15 is 0 Å². The Bertz CT molecular complexity index is 4900. The minimum atomic E-state index is -0.137. The van der Waals surface area contributed by atoms with E-state index in [0.29, 0.717) is 5.82 Å². The zero-order valence-corrected chi connectivity index (χ0v) is 41.8. The SMILES string of the molecule is CC1(C)c2ccccc2-c2ccc(-c3nc(-c4cccc5oc6ccc(-c7ccc8c(c7)c7cc(-c9ccc%10c(c9)c9ccccc9n%10-c9ccccc9)ccc7n8-c7ccccc7)cc6c45)nc4ccccc34)cc21. The first-order valence-electron chi connectivity index (χ1n) is 26.1. The molecule has 0 radical (unpaired) electrons. The molecule has 0 unspecified atom stereocenters. The van der Waals surface area contributed by atoms with Crippen molar-refractivity contribution >= 4 is 76.5 Å². The van der Waals surface area contributed by atoms with Crippen molar-refractivity contribution in [3.05, 3.63) is 254 Å². The molecular weight excluding hydrogens is 925 g/mol. The van der Waals surface area contributed by atoms with Crippen LogP contribution in [0.25, 0.3) is 144 Å². The van der Waals surface area contributed by atoms with E-state index in [0.717, 1.165) is 83.2 Å². The Morgan fingerprint density at radius 2 is 0.855 bits per heavy atom.